The topological polar surface area (TPSA) is 91.5 Å². The van der Waals surface area contributed by atoms with Gasteiger partial charge in [-0.05, 0) is 37.2 Å². The van der Waals surface area contributed by atoms with Gasteiger partial charge in [0.05, 0.1) is 23.7 Å². The van der Waals surface area contributed by atoms with Crippen LogP contribution in [-0.2, 0) is 6.42 Å². The molecule has 6 nitrogen and oxygen atoms in total. The number of hydrogen-bond acceptors (Lipinski definition) is 5. The summed E-state index contributed by atoms with van der Waals surface area (Å²) in [6, 6.07) is 8.24. The summed E-state index contributed by atoms with van der Waals surface area (Å²) < 4.78 is 10.6. The summed E-state index contributed by atoms with van der Waals surface area (Å²) in [5, 5.41) is 11.1. The number of nitrogens with two attached hydrogens (primary N) is 1. The summed E-state index contributed by atoms with van der Waals surface area (Å²) in [5.41, 5.74) is 5.85. The van der Waals surface area contributed by atoms with Crippen molar-refractivity contribution in [2.24, 2.45) is 5.73 Å². The fraction of sp³-hybridized carbons (Fsp3) is 0.286. The molecule has 1 aromatic heterocycles. The summed E-state index contributed by atoms with van der Waals surface area (Å²) in [6.07, 6.45) is 1.54. The molecule has 1 heterocycles. The fourth-order valence-electron chi connectivity index (χ4n) is 1.93. The molecule has 0 saturated heterocycles. The first kappa shape index (κ1) is 14.1. The third-order valence-corrected chi connectivity index (χ3v) is 2.96. The SMILES string of the molecule is COc1ccc(-c2ccc(CCCN)o2)c([N+](=O)[O-])c1. The summed E-state index contributed by atoms with van der Waals surface area (Å²) in [7, 11) is 1.47. The van der Waals surface area contributed by atoms with Gasteiger partial charge in [0.2, 0.25) is 0 Å². The van der Waals surface area contributed by atoms with Crippen molar-refractivity contribution in [3.05, 3.63) is 46.2 Å². The monoisotopic (exact) mass is 276 g/mol. The Morgan fingerprint density at radius 3 is 2.80 bits per heavy atom. The summed E-state index contributed by atoms with van der Waals surface area (Å²) in [6.45, 7) is 0.582. The van der Waals surface area contributed by atoms with Gasteiger partial charge >= 0.3 is 0 Å². The molecule has 0 aliphatic heterocycles. The largest absolute Gasteiger partial charge is 0.497 e. The van der Waals surface area contributed by atoms with Crippen molar-refractivity contribution in [1.82, 2.24) is 0 Å². The van der Waals surface area contributed by atoms with Crippen LogP contribution < -0.4 is 10.5 Å². The highest BCUT2D eigenvalue weighted by molar-refractivity contribution is 5.71. The predicted octanol–water partition coefficient (Wildman–Crippen LogP) is 2.75. The second-order valence-electron chi connectivity index (χ2n) is 4.30. The molecular weight excluding hydrogens is 260 g/mol. The van der Waals surface area contributed by atoms with Gasteiger partial charge in [-0.1, -0.05) is 0 Å². The van der Waals surface area contributed by atoms with Gasteiger partial charge in [-0.2, -0.15) is 0 Å². The van der Waals surface area contributed by atoms with Crippen LogP contribution in [0.3, 0.4) is 0 Å². The zero-order chi connectivity index (χ0) is 14.5. The van der Waals surface area contributed by atoms with E-state index in [-0.39, 0.29) is 5.69 Å². The lowest BCUT2D eigenvalue weighted by molar-refractivity contribution is -0.384. The van der Waals surface area contributed by atoms with Crippen LogP contribution >= 0.6 is 0 Å². The molecule has 0 spiro atoms. The smallest absolute Gasteiger partial charge is 0.284 e. The Balaban J connectivity index is 2.36. The number of nitrogens with zero attached hydrogens (tertiary/aromatic N) is 1. The third kappa shape index (κ3) is 2.97. The maximum absolute atomic E-state index is 11.1. The molecule has 0 radical (unpaired) electrons. The Kier molecular flexibility index (Phi) is 4.37. The molecule has 0 amide bonds. The van der Waals surface area contributed by atoms with E-state index in [0.717, 1.165) is 18.6 Å². The van der Waals surface area contributed by atoms with Gasteiger partial charge in [-0.25, -0.2) is 0 Å². The Hall–Kier alpha value is -2.34. The molecular formula is C14H16N2O4. The van der Waals surface area contributed by atoms with Gasteiger partial charge in [0.15, 0.2) is 0 Å². The molecule has 0 atom stereocenters. The van der Waals surface area contributed by atoms with Crippen molar-refractivity contribution < 1.29 is 14.1 Å². The van der Waals surface area contributed by atoms with Crippen LogP contribution in [0.2, 0.25) is 0 Å². The van der Waals surface area contributed by atoms with Crippen LogP contribution in [0, 0.1) is 10.1 Å². The molecule has 2 aromatic rings. The molecule has 0 aliphatic carbocycles. The lowest BCUT2D eigenvalue weighted by Crippen LogP contribution is -1.99. The van der Waals surface area contributed by atoms with Crippen molar-refractivity contribution >= 4 is 5.69 Å². The first-order valence-electron chi connectivity index (χ1n) is 6.27. The Morgan fingerprint density at radius 2 is 2.15 bits per heavy atom. The van der Waals surface area contributed by atoms with Crippen molar-refractivity contribution in [1.29, 1.82) is 0 Å². The zero-order valence-corrected chi connectivity index (χ0v) is 11.2. The number of aryl methyl sites for hydroxylation is 1. The molecule has 106 valence electrons. The molecule has 2 N–H and O–H groups in total. The van der Waals surface area contributed by atoms with Crippen molar-refractivity contribution in [3.63, 3.8) is 0 Å². The molecule has 0 saturated carbocycles. The van der Waals surface area contributed by atoms with Crippen LogP contribution in [-0.4, -0.2) is 18.6 Å². The molecule has 20 heavy (non-hydrogen) atoms. The number of nitro benzene ring substituents is 1. The van der Waals surface area contributed by atoms with E-state index in [0.29, 0.717) is 23.6 Å². The Bertz CT molecular complexity index is 607. The fourth-order valence-corrected chi connectivity index (χ4v) is 1.93. The number of ether oxygens (including phenoxy) is 1. The maximum atomic E-state index is 11.1. The average molecular weight is 276 g/mol. The number of furan rings is 1. The summed E-state index contributed by atoms with van der Waals surface area (Å²) in [4.78, 5) is 10.7. The number of rotatable bonds is 6. The minimum Gasteiger partial charge on any atom is -0.497 e. The van der Waals surface area contributed by atoms with Crippen molar-refractivity contribution in [3.8, 4) is 17.1 Å². The standard InChI is InChI=1S/C14H16N2O4/c1-19-11-4-6-12(13(9-11)16(17)18)14-7-5-10(20-14)3-2-8-15/h4-7,9H,2-3,8,15H2,1H3. The van der Waals surface area contributed by atoms with Gasteiger partial charge in [-0.15, -0.1) is 0 Å². The molecule has 1 aromatic carbocycles. The van der Waals surface area contributed by atoms with Crippen LogP contribution in [0.5, 0.6) is 5.75 Å². The maximum Gasteiger partial charge on any atom is 0.284 e. The Morgan fingerprint density at radius 1 is 1.35 bits per heavy atom. The van der Waals surface area contributed by atoms with Gasteiger partial charge in [-0.3, -0.25) is 10.1 Å². The number of nitro groups is 1. The first-order chi connectivity index (χ1) is 9.65. The van der Waals surface area contributed by atoms with E-state index < -0.39 is 4.92 Å². The number of hydrogen-bond donors (Lipinski definition) is 1. The number of benzene rings is 1. The van der Waals surface area contributed by atoms with Crippen molar-refractivity contribution in [2.75, 3.05) is 13.7 Å². The van der Waals surface area contributed by atoms with Gasteiger partial charge in [0, 0.05) is 6.42 Å². The molecule has 0 unspecified atom stereocenters. The third-order valence-electron chi connectivity index (χ3n) is 2.96. The minimum absolute atomic E-state index is 0.0379. The lowest BCUT2D eigenvalue weighted by Gasteiger charge is -2.03. The molecule has 0 bridgehead atoms. The highest BCUT2D eigenvalue weighted by Gasteiger charge is 2.19. The quantitative estimate of drug-likeness (QED) is 0.647. The minimum atomic E-state index is -0.445. The molecule has 0 aliphatic rings. The van der Waals surface area contributed by atoms with Crippen LogP contribution in [0.25, 0.3) is 11.3 Å². The van der Waals surface area contributed by atoms with Gasteiger partial charge < -0.3 is 14.9 Å². The van der Waals surface area contributed by atoms with E-state index in [1.807, 2.05) is 6.07 Å². The van der Waals surface area contributed by atoms with E-state index in [9.17, 15) is 10.1 Å². The second kappa shape index (κ2) is 6.21. The van der Waals surface area contributed by atoms with E-state index >= 15 is 0 Å². The summed E-state index contributed by atoms with van der Waals surface area (Å²) in [5.74, 6) is 1.69. The zero-order valence-electron chi connectivity index (χ0n) is 11.2. The van der Waals surface area contributed by atoms with E-state index in [1.54, 1.807) is 18.2 Å². The number of methoxy groups -OCH3 is 1. The van der Waals surface area contributed by atoms with Crippen LogP contribution in [0.1, 0.15) is 12.2 Å². The van der Waals surface area contributed by atoms with Crippen LogP contribution in [0.4, 0.5) is 5.69 Å². The van der Waals surface area contributed by atoms with E-state index in [2.05, 4.69) is 0 Å². The van der Waals surface area contributed by atoms with Gasteiger partial charge in [0.25, 0.3) is 5.69 Å². The first-order valence-corrected chi connectivity index (χ1v) is 6.27. The molecule has 2 rings (SSSR count). The van der Waals surface area contributed by atoms with Crippen LogP contribution in [0.15, 0.2) is 34.7 Å². The van der Waals surface area contributed by atoms with E-state index in [1.165, 1.54) is 13.2 Å². The highest BCUT2D eigenvalue weighted by atomic mass is 16.6. The average Bonchev–Trinajstić information content (AvgIpc) is 2.93. The Labute approximate surface area is 116 Å². The highest BCUT2D eigenvalue weighted by Crippen LogP contribution is 2.34. The van der Waals surface area contributed by atoms with Gasteiger partial charge in [0.1, 0.15) is 17.3 Å². The normalized spacial score (nSPS) is 10.5. The summed E-state index contributed by atoms with van der Waals surface area (Å²) >= 11 is 0. The lowest BCUT2D eigenvalue weighted by atomic mass is 10.1. The molecule has 6 heteroatoms. The van der Waals surface area contributed by atoms with E-state index in [4.69, 9.17) is 14.9 Å². The predicted molar refractivity (Wildman–Crippen MR) is 74.7 cm³/mol. The second-order valence-corrected chi connectivity index (χ2v) is 4.30. The van der Waals surface area contributed by atoms with Crippen molar-refractivity contribution in [2.45, 2.75) is 12.8 Å². The molecule has 0 fully saturated rings.